The molecule has 1 N–H and O–H groups in total. The van der Waals surface area contributed by atoms with Crippen LogP contribution in [0.4, 0.5) is 8.78 Å². The molecule has 2 aromatic heterocycles. The van der Waals surface area contributed by atoms with Crippen molar-refractivity contribution in [2.75, 3.05) is 7.05 Å². The van der Waals surface area contributed by atoms with Crippen molar-refractivity contribution in [1.82, 2.24) is 20.1 Å². The van der Waals surface area contributed by atoms with Crippen LogP contribution in [0, 0.1) is 0 Å². The molecule has 0 spiro atoms. The number of pyridine rings is 1. The van der Waals surface area contributed by atoms with Gasteiger partial charge in [0.2, 0.25) is 0 Å². The third-order valence-electron chi connectivity index (χ3n) is 4.79. The van der Waals surface area contributed by atoms with Gasteiger partial charge in [0.25, 0.3) is 5.91 Å². The molecule has 0 radical (unpaired) electrons. The van der Waals surface area contributed by atoms with Crippen LogP contribution in [-0.4, -0.2) is 39.1 Å². The van der Waals surface area contributed by atoms with Gasteiger partial charge in [-0.15, -0.1) is 0 Å². The SMILES string of the molecule is CN(Cc1cncc2cn[nH]c12)C(=O)c1ccc(-c2ccccc2)c(OC(C)(F)F)c1. The monoisotopic (exact) mass is 422 g/mol. The van der Waals surface area contributed by atoms with E-state index >= 15 is 0 Å². The predicted molar refractivity (Wildman–Crippen MR) is 113 cm³/mol. The van der Waals surface area contributed by atoms with Crippen LogP contribution in [0.3, 0.4) is 0 Å². The summed E-state index contributed by atoms with van der Waals surface area (Å²) in [6, 6.07) is 13.6. The molecule has 0 bridgehead atoms. The zero-order chi connectivity index (χ0) is 22.0. The van der Waals surface area contributed by atoms with E-state index in [0.29, 0.717) is 18.1 Å². The fraction of sp³-hybridized carbons (Fsp3) is 0.174. The number of rotatable bonds is 6. The number of carbonyl (C=O) groups excluding carboxylic acids is 1. The standard InChI is InChI=1S/C23H20F2N4O2/c1-23(24,25)31-20-10-16(8-9-19(20)15-6-4-3-5-7-15)22(30)29(2)14-18-12-26-11-17-13-27-28-21(17)18/h3-13H,14H2,1-2H3,(H,27,28). The first-order valence-electron chi connectivity index (χ1n) is 9.59. The van der Waals surface area contributed by atoms with Gasteiger partial charge in [-0.1, -0.05) is 30.3 Å². The van der Waals surface area contributed by atoms with E-state index in [4.69, 9.17) is 4.74 Å². The number of nitrogens with zero attached hydrogens (tertiary/aromatic N) is 3. The van der Waals surface area contributed by atoms with Crippen LogP contribution in [-0.2, 0) is 6.54 Å². The molecule has 0 unspecified atom stereocenters. The van der Waals surface area contributed by atoms with E-state index in [1.807, 2.05) is 6.07 Å². The first kappa shape index (κ1) is 20.5. The fourth-order valence-corrected chi connectivity index (χ4v) is 3.38. The van der Waals surface area contributed by atoms with Crippen LogP contribution in [0.25, 0.3) is 22.0 Å². The summed E-state index contributed by atoms with van der Waals surface area (Å²) in [4.78, 5) is 18.7. The van der Waals surface area contributed by atoms with Crippen molar-refractivity contribution in [2.24, 2.45) is 0 Å². The number of hydrogen-bond acceptors (Lipinski definition) is 4. The fourth-order valence-electron chi connectivity index (χ4n) is 3.38. The average molecular weight is 422 g/mol. The number of alkyl halides is 2. The van der Waals surface area contributed by atoms with Gasteiger partial charge in [-0.25, -0.2) is 0 Å². The second-order valence-electron chi connectivity index (χ2n) is 7.28. The van der Waals surface area contributed by atoms with Crippen molar-refractivity contribution in [1.29, 1.82) is 0 Å². The van der Waals surface area contributed by atoms with E-state index in [0.717, 1.165) is 16.5 Å². The highest BCUT2D eigenvalue weighted by Crippen LogP contribution is 2.34. The number of ether oxygens (including phenoxy) is 1. The smallest absolute Gasteiger partial charge is 0.394 e. The molecule has 2 aromatic carbocycles. The van der Waals surface area contributed by atoms with Gasteiger partial charge in [0, 0.05) is 55.0 Å². The Balaban J connectivity index is 1.64. The summed E-state index contributed by atoms with van der Waals surface area (Å²) in [5, 5.41) is 7.74. The van der Waals surface area contributed by atoms with E-state index in [1.54, 1.807) is 62.0 Å². The van der Waals surface area contributed by atoms with Crippen molar-refractivity contribution < 1.29 is 18.3 Å². The molecule has 0 fully saturated rings. The highest BCUT2D eigenvalue weighted by atomic mass is 19.3. The number of H-pyrrole nitrogens is 1. The number of amides is 1. The Bertz CT molecular complexity index is 1220. The first-order valence-corrected chi connectivity index (χ1v) is 9.59. The molecule has 8 heteroatoms. The molecule has 2 heterocycles. The van der Waals surface area contributed by atoms with Crippen molar-refractivity contribution in [3.63, 3.8) is 0 Å². The van der Waals surface area contributed by atoms with Crippen LogP contribution in [0.5, 0.6) is 5.75 Å². The minimum absolute atomic E-state index is 0.0599. The summed E-state index contributed by atoms with van der Waals surface area (Å²) in [7, 11) is 1.64. The number of nitrogens with one attached hydrogen (secondary N) is 1. The third-order valence-corrected chi connectivity index (χ3v) is 4.79. The molecule has 1 amide bonds. The minimum atomic E-state index is -3.39. The van der Waals surface area contributed by atoms with Gasteiger partial charge in [-0.05, 0) is 23.8 Å². The summed E-state index contributed by atoms with van der Waals surface area (Å²) in [5.41, 5.74) is 3.03. The van der Waals surface area contributed by atoms with Gasteiger partial charge in [0.1, 0.15) is 5.75 Å². The zero-order valence-electron chi connectivity index (χ0n) is 17.0. The van der Waals surface area contributed by atoms with Crippen molar-refractivity contribution >= 4 is 16.8 Å². The maximum atomic E-state index is 13.7. The van der Waals surface area contributed by atoms with Crippen LogP contribution in [0.2, 0.25) is 0 Å². The van der Waals surface area contributed by atoms with Crippen LogP contribution < -0.4 is 4.74 Å². The molecule has 0 atom stereocenters. The Morgan fingerprint density at radius 1 is 1.13 bits per heavy atom. The Kier molecular flexibility index (Phi) is 5.37. The second kappa shape index (κ2) is 8.14. The highest BCUT2D eigenvalue weighted by Gasteiger charge is 2.26. The van der Waals surface area contributed by atoms with E-state index in [2.05, 4.69) is 15.2 Å². The predicted octanol–water partition coefficient (Wildman–Crippen LogP) is 4.89. The number of aromatic amines is 1. The van der Waals surface area contributed by atoms with Gasteiger partial charge in [-0.3, -0.25) is 14.9 Å². The van der Waals surface area contributed by atoms with Crippen LogP contribution in [0.1, 0.15) is 22.8 Å². The summed E-state index contributed by atoms with van der Waals surface area (Å²) >= 11 is 0. The van der Waals surface area contributed by atoms with E-state index < -0.39 is 6.11 Å². The lowest BCUT2D eigenvalue weighted by atomic mass is 10.0. The quantitative estimate of drug-likeness (QED) is 0.480. The number of aromatic nitrogens is 3. The number of fused-ring (bicyclic) bond motifs is 1. The van der Waals surface area contributed by atoms with E-state index in [-0.39, 0.29) is 23.8 Å². The summed E-state index contributed by atoms with van der Waals surface area (Å²) in [5.74, 6) is -0.393. The van der Waals surface area contributed by atoms with Crippen molar-refractivity contribution in [3.8, 4) is 16.9 Å². The third kappa shape index (κ3) is 4.53. The van der Waals surface area contributed by atoms with Gasteiger partial charge < -0.3 is 9.64 Å². The molecule has 0 aliphatic carbocycles. The van der Waals surface area contributed by atoms with E-state index in [9.17, 15) is 13.6 Å². The molecule has 158 valence electrons. The number of carbonyl (C=O) groups is 1. The Hall–Kier alpha value is -3.81. The second-order valence-corrected chi connectivity index (χ2v) is 7.28. The van der Waals surface area contributed by atoms with Gasteiger partial charge in [-0.2, -0.15) is 13.9 Å². The van der Waals surface area contributed by atoms with Crippen LogP contribution >= 0.6 is 0 Å². The Morgan fingerprint density at radius 3 is 2.65 bits per heavy atom. The summed E-state index contributed by atoms with van der Waals surface area (Å²) in [6.45, 7) is 0.937. The average Bonchev–Trinajstić information content (AvgIpc) is 3.22. The zero-order valence-corrected chi connectivity index (χ0v) is 17.0. The number of benzene rings is 2. The van der Waals surface area contributed by atoms with Crippen molar-refractivity contribution in [2.45, 2.75) is 19.6 Å². The molecule has 0 aliphatic heterocycles. The maximum absolute atomic E-state index is 13.7. The normalized spacial score (nSPS) is 11.5. The highest BCUT2D eigenvalue weighted by molar-refractivity contribution is 5.95. The lowest BCUT2D eigenvalue weighted by Gasteiger charge is -2.20. The molecule has 31 heavy (non-hydrogen) atoms. The number of hydrogen-bond donors (Lipinski definition) is 1. The lowest BCUT2D eigenvalue weighted by molar-refractivity contribution is -0.158. The van der Waals surface area contributed by atoms with Crippen molar-refractivity contribution in [3.05, 3.63) is 78.2 Å². The summed E-state index contributed by atoms with van der Waals surface area (Å²) in [6.07, 6.45) is 1.61. The van der Waals surface area contributed by atoms with Gasteiger partial charge in [0.05, 0.1) is 11.7 Å². The topological polar surface area (TPSA) is 71.1 Å². The molecule has 0 aliphatic rings. The Labute approximate surface area is 177 Å². The van der Waals surface area contributed by atoms with Crippen LogP contribution in [0.15, 0.2) is 67.1 Å². The molecule has 0 saturated carbocycles. The minimum Gasteiger partial charge on any atom is -0.432 e. The van der Waals surface area contributed by atoms with E-state index in [1.165, 1.54) is 11.0 Å². The molecule has 6 nitrogen and oxygen atoms in total. The Morgan fingerprint density at radius 2 is 1.90 bits per heavy atom. The van der Waals surface area contributed by atoms with Gasteiger partial charge >= 0.3 is 6.11 Å². The first-order chi connectivity index (χ1) is 14.8. The number of halogens is 2. The maximum Gasteiger partial charge on any atom is 0.394 e. The molecular formula is C23H20F2N4O2. The molecule has 0 saturated heterocycles. The molecule has 4 rings (SSSR count). The molecule has 4 aromatic rings. The largest absolute Gasteiger partial charge is 0.432 e. The molecular weight excluding hydrogens is 402 g/mol. The summed E-state index contributed by atoms with van der Waals surface area (Å²) < 4.78 is 32.2. The van der Waals surface area contributed by atoms with Gasteiger partial charge in [0.15, 0.2) is 0 Å². The lowest BCUT2D eigenvalue weighted by Crippen LogP contribution is -2.26.